The molecule has 3 aromatic carbocycles. The van der Waals surface area contributed by atoms with E-state index in [0.717, 1.165) is 44.8 Å². The van der Waals surface area contributed by atoms with Gasteiger partial charge in [0.2, 0.25) is 0 Å². The van der Waals surface area contributed by atoms with E-state index in [9.17, 15) is 0 Å². The van der Waals surface area contributed by atoms with Crippen LogP contribution in [0.1, 0.15) is 5.56 Å². The van der Waals surface area contributed by atoms with Crippen LogP contribution in [0.2, 0.25) is 0 Å². The molecule has 6 rings (SSSR count). The molecule has 0 saturated heterocycles. The quantitative estimate of drug-likeness (QED) is 0.331. The van der Waals surface area contributed by atoms with Crippen molar-refractivity contribution in [2.24, 2.45) is 0 Å². The number of furan rings is 1. The third-order valence-corrected chi connectivity index (χ3v) is 5.59. The summed E-state index contributed by atoms with van der Waals surface area (Å²) in [6.07, 6.45) is 0. The smallest absolute Gasteiger partial charge is 0.155 e. The number of pyridine rings is 1. The van der Waals surface area contributed by atoms with E-state index in [0.29, 0.717) is 0 Å². The Morgan fingerprint density at radius 1 is 0.759 bits per heavy atom. The predicted molar refractivity (Wildman–Crippen MR) is 118 cm³/mol. The molecule has 0 unspecified atom stereocenters. The van der Waals surface area contributed by atoms with Crippen LogP contribution in [0.15, 0.2) is 95.4 Å². The first kappa shape index (κ1) is 16.1. The Bertz CT molecular complexity index is 1470. The van der Waals surface area contributed by atoms with Crippen molar-refractivity contribution in [1.29, 1.82) is 0 Å². The van der Waals surface area contributed by atoms with E-state index >= 15 is 0 Å². The lowest BCUT2D eigenvalue weighted by molar-refractivity contribution is 0.627. The second-order valence-electron chi connectivity index (χ2n) is 7.37. The molecule has 6 aromatic rings. The zero-order valence-electron chi connectivity index (χ0n) is 16.0. The highest BCUT2D eigenvalue weighted by molar-refractivity contribution is 6.01. The van der Waals surface area contributed by atoms with Gasteiger partial charge in [0.25, 0.3) is 0 Å². The van der Waals surface area contributed by atoms with Crippen molar-refractivity contribution in [3.05, 3.63) is 96.6 Å². The average Bonchev–Trinajstić information content (AvgIpc) is 3.35. The van der Waals surface area contributed by atoms with E-state index in [1.54, 1.807) is 0 Å². The summed E-state index contributed by atoms with van der Waals surface area (Å²) in [5, 5.41) is 8.52. The van der Waals surface area contributed by atoms with Crippen LogP contribution >= 0.6 is 0 Å². The van der Waals surface area contributed by atoms with Gasteiger partial charge in [-0.25, -0.2) is 4.52 Å². The van der Waals surface area contributed by atoms with Crippen molar-refractivity contribution in [3.63, 3.8) is 0 Å². The Hall–Kier alpha value is -3.85. The van der Waals surface area contributed by atoms with Crippen LogP contribution in [-0.4, -0.2) is 9.61 Å². The third kappa shape index (κ3) is 2.41. The maximum Gasteiger partial charge on any atom is 0.155 e. The highest BCUT2D eigenvalue weighted by Gasteiger charge is 2.19. The molecule has 0 radical (unpaired) electrons. The van der Waals surface area contributed by atoms with E-state index in [4.69, 9.17) is 9.52 Å². The highest BCUT2D eigenvalue weighted by atomic mass is 16.3. The number of hydrogen-bond acceptors (Lipinski definition) is 2. The van der Waals surface area contributed by atoms with Crippen LogP contribution in [0.4, 0.5) is 0 Å². The summed E-state index contributed by atoms with van der Waals surface area (Å²) in [5.41, 5.74) is 6.23. The molecule has 0 fully saturated rings. The van der Waals surface area contributed by atoms with Crippen LogP contribution in [0.5, 0.6) is 0 Å². The molecular formula is C26H18N2O. The van der Waals surface area contributed by atoms with E-state index in [1.807, 2.05) is 24.3 Å². The summed E-state index contributed by atoms with van der Waals surface area (Å²) < 4.78 is 8.21. The first-order valence-electron chi connectivity index (χ1n) is 9.75. The van der Waals surface area contributed by atoms with Crippen LogP contribution in [-0.2, 0) is 0 Å². The zero-order valence-corrected chi connectivity index (χ0v) is 16.0. The fourth-order valence-electron chi connectivity index (χ4n) is 4.18. The summed E-state index contributed by atoms with van der Waals surface area (Å²) in [6, 6.07) is 31.3. The lowest BCUT2D eigenvalue weighted by atomic mass is 10.0. The molecule has 3 heterocycles. The van der Waals surface area contributed by atoms with Crippen LogP contribution in [0.25, 0.3) is 50.0 Å². The van der Waals surface area contributed by atoms with Crippen molar-refractivity contribution in [3.8, 4) is 22.7 Å². The fraction of sp³-hybridized carbons (Fsp3) is 0.0385. The average molecular weight is 374 g/mol. The maximum absolute atomic E-state index is 6.15. The highest BCUT2D eigenvalue weighted by Crippen LogP contribution is 2.36. The van der Waals surface area contributed by atoms with Gasteiger partial charge in [0.1, 0.15) is 11.3 Å². The molecule has 29 heavy (non-hydrogen) atoms. The third-order valence-electron chi connectivity index (χ3n) is 5.59. The number of rotatable bonds is 2. The van der Waals surface area contributed by atoms with Crippen molar-refractivity contribution < 1.29 is 4.42 Å². The molecule has 0 aliphatic rings. The standard InChI is InChI=1S/C26H18N2O/c1-17-25(24-16-20-12-6-8-14-23(20)29-24)27-28-22(18-9-3-2-4-10-18)15-19-11-5-7-13-21(19)26(17)28/h2-16H,1H3. The van der Waals surface area contributed by atoms with Gasteiger partial charge in [-0.1, -0.05) is 72.8 Å². The SMILES string of the molecule is Cc1c(-c2cc3ccccc3o2)nn2c(-c3ccccc3)cc3ccccc3c12. The molecule has 3 nitrogen and oxygen atoms in total. The number of aromatic nitrogens is 2. The first-order chi connectivity index (χ1) is 14.3. The number of aryl methyl sites for hydroxylation is 1. The van der Waals surface area contributed by atoms with Gasteiger partial charge >= 0.3 is 0 Å². The maximum atomic E-state index is 6.15. The zero-order chi connectivity index (χ0) is 19.4. The molecule has 138 valence electrons. The van der Waals surface area contributed by atoms with Crippen molar-refractivity contribution in [2.75, 3.05) is 0 Å². The minimum Gasteiger partial charge on any atom is -0.454 e. The molecule has 0 atom stereocenters. The molecule has 0 amide bonds. The number of hydrogen-bond donors (Lipinski definition) is 0. The summed E-state index contributed by atoms with van der Waals surface area (Å²) in [4.78, 5) is 0. The minimum absolute atomic E-state index is 0.801. The number of benzene rings is 3. The van der Waals surface area contributed by atoms with Gasteiger partial charge in [-0.05, 0) is 30.5 Å². The Labute approximate surface area is 167 Å². The molecule has 0 aliphatic carbocycles. The Kier molecular flexibility index (Phi) is 3.38. The van der Waals surface area contributed by atoms with Gasteiger partial charge in [-0.15, -0.1) is 0 Å². The number of nitrogens with zero attached hydrogens (tertiary/aromatic N) is 2. The molecule has 3 aromatic heterocycles. The van der Waals surface area contributed by atoms with Crippen molar-refractivity contribution in [2.45, 2.75) is 6.92 Å². The predicted octanol–water partition coefficient (Wildman–Crippen LogP) is 6.88. The van der Waals surface area contributed by atoms with Crippen LogP contribution < -0.4 is 0 Å². The Morgan fingerprint density at radius 3 is 2.31 bits per heavy atom. The Balaban J connectivity index is 1.72. The van der Waals surface area contributed by atoms with Gasteiger partial charge in [0.05, 0.1) is 11.2 Å². The summed E-state index contributed by atoms with van der Waals surface area (Å²) in [7, 11) is 0. The molecule has 3 heteroatoms. The van der Waals surface area contributed by atoms with Gasteiger partial charge < -0.3 is 4.42 Å². The van der Waals surface area contributed by atoms with E-state index in [2.05, 4.69) is 78.2 Å². The lowest BCUT2D eigenvalue weighted by Gasteiger charge is -2.09. The molecule has 0 spiro atoms. The van der Waals surface area contributed by atoms with Crippen molar-refractivity contribution >= 4 is 27.3 Å². The van der Waals surface area contributed by atoms with Gasteiger partial charge in [0.15, 0.2) is 5.76 Å². The molecule has 0 aliphatic heterocycles. The number of para-hydroxylation sites is 1. The Morgan fingerprint density at radius 2 is 1.48 bits per heavy atom. The second-order valence-corrected chi connectivity index (χ2v) is 7.37. The van der Waals surface area contributed by atoms with Gasteiger partial charge in [0, 0.05) is 21.9 Å². The monoisotopic (exact) mass is 374 g/mol. The molecule has 0 N–H and O–H groups in total. The normalized spacial score (nSPS) is 11.6. The fourth-order valence-corrected chi connectivity index (χ4v) is 4.18. The molecule has 0 saturated carbocycles. The summed E-state index contributed by atoms with van der Waals surface area (Å²) >= 11 is 0. The molecule has 0 bridgehead atoms. The summed E-state index contributed by atoms with van der Waals surface area (Å²) in [6.45, 7) is 2.13. The van der Waals surface area contributed by atoms with Crippen LogP contribution in [0, 0.1) is 6.92 Å². The topological polar surface area (TPSA) is 30.4 Å². The van der Waals surface area contributed by atoms with E-state index < -0.39 is 0 Å². The second kappa shape index (κ2) is 6.08. The number of fused-ring (bicyclic) bond motifs is 4. The van der Waals surface area contributed by atoms with Gasteiger partial charge in [-0.3, -0.25) is 0 Å². The van der Waals surface area contributed by atoms with E-state index in [1.165, 1.54) is 10.8 Å². The molecular weight excluding hydrogens is 356 g/mol. The summed E-state index contributed by atoms with van der Waals surface area (Å²) in [5.74, 6) is 0.801. The van der Waals surface area contributed by atoms with Crippen molar-refractivity contribution in [1.82, 2.24) is 9.61 Å². The first-order valence-corrected chi connectivity index (χ1v) is 9.75. The largest absolute Gasteiger partial charge is 0.454 e. The van der Waals surface area contributed by atoms with Gasteiger partial charge in [-0.2, -0.15) is 5.10 Å². The minimum atomic E-state index is 0.801. The van der Waals surface area contributed by atoms with E-state index in [-0.39, 0.29) is 0 Å². The van der Waals surface area contributed by atoms with Crippen LogP contribution in [0.3, 0.4) is 0 Å². The lowest BCUT2D eigenvalue weighted by Crippen LogP contribution is -1.95.